The molecule has 0 unspecified atom stereocenters. The topological polar surface area (TPSA) is 90.7 Å². The standard InChI is InChI=1S/C6H4FNO2.N2/c7-5-3-1-2-4-6(5)8(9)10;1-2/h1-4H;. The van der Waals surface area contributed by atoms with Crippen molar-refractivity contribution in [2.75, 3.05) is 0 Å². The highest BCUT2D eigenvalue weighted by atomic mass is 19.1. The van der Waals surface area contributed by atoms with Crippen molar-refractivity contribution in [2.45, 2.75) is 0 Å². The quantitative estimate of drug-likeness (QED) is 0.363. The molecule has 5 nitrogen and oxygen atoms in total. The van der Waals surface area contributed by atoms with Gasteiger partial charge in [0.25, 0.3) is 0 Å². The Balaban J connectivity index is 0.000000561. The largest absolute Gasteiger partial charge is 0.304 e. The molecule has 6 heteroatoms. The predicted octanol–water partition coefficient (Wildman–Crippen LogP) is 1.76. The minimum atomic E-state index is -0.799. The van der Waals surface area contributed by atoms with Crippen LogP contribution < -0.4 is 0 Å². The molecule has 0 aliphatic rings. The van der Waals surface area contributed by atoms with Gasteiger partial charge in [-0.15, -0.1) is 0 Å². The lowest BCUT2D eigenvalue weighted by Crippen LogP contribution is -1.90. The van der Waals surface area contributed by atoms with E-state index in [2.05, 4.69) is 0 Å². The lowest BCUT2D eigenvalue weighted by molar-refractivity contribution is -0.387. The Hall–Kier alpha value is -2.03. The molecule has 0 aliphatic carbocycles. The van der Waals surface area contributed by atoms with Gasteiger partial charge in [0, 0.05) is 16.9 Å². The number of nitro benzene ring substituents is 1. The third kappa shape index (κ3) is 2.30. The molecule has 0 atom stereocenters. The van der Waals surface area contributed by atoms with Gasteiger partial charge in [-0.25, -0.2) is 0 Å². The Kier molecular flexibility index (Phi) is 3.93. The van der Waals surface area contributed by atoms with Crippen LogP contribution in [0, 0.1) is 26.7 Å². The van der Waals surface area contributed by atoms with Crippen LogP contribution in [0.2, 0.25) is 0 Å². The Labute approximate surface area is 67.0 Å². The summed E-state index contributed by atoms with van der Waals surface area (Å²) in [5.74, 6) is -0.799. The van der Waals surface area contributed by atoms with E-state index in [1.807, 2.05) is 0 Å². The number of hydrogen-bond donors (Lipinski definition) is 0. The molecule has 0 aliphatic heterocycles. The molecule has 0 aromatic heterocycles. The van der Waals surface area contributed by atoms with Crippen LogP contribution >= 0.6 is 0 Å². The van der Waals surface area contributed by atoms with Gasteiger partial charge >= 0.3 is 5.69 Å². The SMILES string of the molecule is N#N.O=[N+]([O-])c1ccccc1F. The Bertz CT molecular complexity index is 300. The minimum Gasteiger partial charge on any atom is -0.258 e. The summed E-state index contributed by atoms with van der Waals surface area (Å²) in [5.41, 5.74) is -0.484. The molecule has 0 heterocycles. The third-order valence-electron chi connectivity index (χ3n) is 1.05. The summed E-state index contributed by atoms with van der Waals surface area (Å²) in [4.78, 5) is 9.23. The maximum absolute atomic E-state index is 12.4. The van der Waals surface area contributed by atoms with Crippen LogP contribution in [-0.4, -0.2) is 4.92 Å². The molecule has 0 saturated heterocycles. The smallest absolute Gasteiger partial charge is 0.258 e. The lowest BCUT2D eigenvalue weighted by Gasteiger charge is -1.89. The van der Waals surface area contributed by atoms with E-state index in [1.165, 1.54) is 12.1 Å². The van der Waals surface area contributed by atoms with Crippen molar-refractivity contribution in [3.63, 3.8) is 0 Å². The van der Waals surface area contributed by atoms with Crippen LogP contribution in [0.25, 0.3) is 0 Å². The zero-order valence-electron chi connectivity index (χ0n) is 5.85. The Morgan fingerprint density at radius 1 is 1.33 bits per heavy atom. The van der Waals surface area contributed by atoms with Gasteiger partial charge in [-0.1, -0.05) is 12.1 Å². The first-order chi connectivity index (χ1) is 5.72. The summed E-state index contributed by atoms with van der Waals surface area (Å²) in [7, 11) is 0. The van der Waals surface area contributed by atoms with E-state index in [-0.39, 0.29) is 0 Å². The van der Waals surface area contributed by atoms with Crippen molar-refractivity contribution < 1.29 is 9.31 Å². The van der Waals surface area contributed by atoms with Crippen molar-refractivity contribution in [3.05, 3.63) is 40.2 Å². The van der Waals surface area contributed by atoms with E-state index in [4.69, 9.17) is 10.8 Å². The van der Waals surface area contributed by atoms with Crippen LogP contribution in [0.4, 0.5) is 10.1 Å². The molecule has 0 radical (unpaired) electrons. The number of rotatable bonds is 1. The number of nitro groups is 1. The molecule has 1 aromatic carbocycles. The second kappa shape index (κ2) is 4.73. The minimum absolute atomic E-state index is 0.484. The Morgan fingerprint density at radius 3 is 2.17 bits per heavy atom. The first kappa shape index (κ1) is 9.97. The van der Waals surface area contributed by atoms with Crippen LogP contribution in [0.3, 0.4) is 0 Å². The molecule has 1 aromatic rings. The second-order valence-corrected chi connectivity index (χ2v) is 1.71. The van der Waals surface area contributed by atoms with E-state index in [9.17, 15) is 14.5 Å². The van der Waals surface area contributed by atoms with Gasteiger partial charge in [-0.05, 0) is 6.07 Å². The predicted molar refractivity (Wildman–Crippen MR) is 36.5 cm³/mol. The summed E-state index contributed by atoms with van der Waals surface area (Å²) in [6.45, 7) is 0. The van der Waals surface area contributed by atoms with Crippen molar-refractivity contribution in [1.82, 2.24) is 0 Å². The summed E-state index contributed by atoms with van der Waals surface area (Å²) < 4.78 is 12.4. The molecule has 0 amide bonds. The van der Waals surface area contributed by atoms with Gasteiger partial charge < -0.3 is 0 Å². The Morgan fingerprint density at radius 2 is 1.83 bits per heavy atom. The molecule has 62 valence electrons. The zero-order chi connectivity index (χ0) is 9.56. The van der Waals surface area contributed by atoms with Crippen molar-refractivity contribution in [1.29, 1.82) is 10.8 Å². The number of halogens is 1. The molecule has 0 bridgehead atoms. The lowest BCUT2D eigenvalue weighted by atomic mass is 10.3. The van der Waals surface area contributed by atoms with Crippen LogP contribution in [0.1, 0.15) is 0 Å². The molecule has 0 spiro atoms. The highest BCUT2D eigenvalue weighted by Gasteiger charge is 2.09. The van der Waals surface area contributed by atoms with Gasteiger partial charge in [0.15, 0.2) is 0 Å². The van der Waals surface area contributed by atoms with Gasteiger partial charge in [0.05, 0.1) is 4.92 Å². The fraction of sp³-hybridized carbons (Fsp3) is 0. The first-order valence-electron chi connectivity index (χ1n) is 2.81. The molecular formula is C6H4FN3O2. The van der Waals surface area contributed by atoms with Crippen molar-refractivity contribution in [3.8, 4) is 0 Å². The van der Waals surface area contributed by atoms with Crippen LogP contribution in [-0.2, 0) is 0 Å². The summed E-state index contributed by atoms with van der Waals surface area (Å²) in [6, 6.07) is 5.00. The third-order valence-corrected chi connectivity index (χ3v) is 1.05. The van der Waals surface area contributed by atoms with E-state index in [0.717, 1.165) is 12.1 Å². The molecular weight excluding hydrogens is 165 g/mol. The summed E-state index contributed by atoms with van der Waals surface area (Å²) >= 11 is 0. The first-order valence-corrected chi connectivity index (χ1v) is 2.81. The fourth-order valence-corrected chi connectivity index (χ4v) is 0.600. The number of hydrogen-bond acceptors (Lipinski definition) is 4. The fourth-order valence-electron chi connectivity index (χ4n) is 0.600. The molecule has 0 saturated carbocycles. The molecule has 1 rings (SSSR count). The maximum Gasteiger partial charge on any atom is 0.304 e. The van der Waals surface area contributed by atoms with E-state index < -0.39 is 16.4 Å². The number of para-hydroxylation sites is 1. The number of benzene rings is 1. The summed E-state index contributed by atoms with van der Waals surface area (Å²) in [6.07, 6.45) is 0. The van der Waals surface area contributed by atoms with Gasteiger partial charge in [-0.2, -0.15) is 4.39 Å². The van der Waals surface area contributed by atoms with Crippen LogP contribution in [0.15, 0.2) is 24.3 Å². The normalized spacial score (nSPS) is 7.92. The number of nitrogens with zero attached hydrogens (tertiary/aromatic N) is 3. The van der Waals surface area contributed by atoms with Gasteiger partial charge in [0.1, 0.15) is 0 Å². The van der Waals surface area contributed by atoms with E-state index in [0.29, 0.717) is 0 Å². The maximum atomic E-state index is 12.4. The van der Waals surface area contributed by atoms with Crippen LogP contribution in [0.5, 0.6) is 0 Å². The van der Waals surface area contributed by atoms with Gasteiger partial charge in [0.2, 0.25) is 5.82 Å². The van der Waals surface area contributed by atoms with Gasteiger partial charge in [-0.3, -0.25) is 10.1 Å². The average molecular weight is 169 g/mol. The molecule has 12 heavy (non-hydrogen) atoms. The second-order valence-electron chi connectivity index (χ2n) is 1.71. The average Bonchev–Trinajstić information content (AvgIpc) is 2.08. The van der Waals surface area contributed by atoms with E-state index >= 15 is 0 Å². The van der Waals surface area contributed by atoms with E-state index in [1.54, 1.807) is 0 Å². The highest BCUT2D eigenvalue weighted by molar-refractivity contribution is 5.30. The monoisotopic (exact) mass is 169 g/mol. The molecule has 0 N–H and O–H groups in total. The van der Waals surface area contributed by atoms with Crippen molar-refractivity contribution >= 4 is 5.69 Å². The zero-order valence-corrected chi connectivity index (χ0v) is 5.85. The summed E-state index contributed by atoms with van der Waals surface area (Å²) in [5, 5.41) is 22.0. The molecule has 0 fully saturated rings. The van der Waals surface area contributed by atoms with Crippen molar-refractivity contribution in [2.24, 2.45) is 0 Å². The highest BCUT2D eigenvalue weighted by Crippen LogP contribution is 2.14.